The Morgan fingerprint density at radius 1 is 1.12 bits per heavy atom. The molecule has 0 aliphatic carbocycles. The zero-order valence-electron chi connectivity index (χ0n) is 13.8. The van der Waals surface area contributed by atoms with Crippen molar-refractivity contribution in [2.24, 2.45) is 5.73 Å². The molecular weight excluding hydrogens is 324 g/mol. The second-order valence-electron chi connectivity index (χ2n) is 5.94. The molecule has 3 N–H and O–H groups in total. The van der Waals surface area contributed by atoms with Crippen LogP contribution >= 0.6 is 0 Å². The Morgan fingerprint density at radius 3 is 2.38 bits per heavy atom. The molecule has 0 unspecified atom stereocenters. The summed E-state index contributed by atoms with van der Waals surface area (Å²) in [5, 5.41) is 0. The molecule has 1 amide bonds. The first-order valence-electron chi connectivity index (χ1n) is 7.78. The number of primary amides is 1. The van der Waals surface area contributed by atoms with Crippen LogP contribution in [0, 0.1) is 0 Å². The number of nitrogens with one attached hydrogen (secondary N) is 1. The van der Waals surface area contributed by atoms with Crippen molar-refractivity contribution in [2.45, 2.75) is 31.1 Å². The van der Waals surface area contributed by atoms with E-state index >= 15 is 0 Å². The highest BCUT2D eigenvalue weighted by Crippen LogP contribution is 2.15. The van der Waals surface area contributed by atoms with Gasteiger partial charge in [0.05, 0.1) is 4.90 Å². The second kappa shape index (κ2) is 7.59. The molecule has 6 heteroatoms. The highest BCUT2D eigenvalue weighted by molar-refractivity contribution is 7.89. The van der Waals surface area contributed by atoms with Gasteiger partial charge in [-0.2, -0.15) is 0 Å². The standard InChI is InChI=1S/C18H22N2O3S/c1-13(2)15-8-6-14(7-9-15)10-11-20-24(22,23)17-5-3-4-16(12-17)18(19)21/h3-9,12-13,20H,10-11H2,1-2H3,(H2,19,21). The van der Waals surface area contributed by atoms with Crippen molar-refractivity contribution in [3.05, 3.63) is 65.2 Å². The minimum Gasteiger partial charge on any atom is -0.366 e. The number of amides is 1. The summed E-state index contributed by atoms with van der Waals surface area (Å²) in [4.78, 5) is 11.2. The molecule has 0 radical (unpaired) electrons. The van der Waals surface area contributed by atoms with Gasteiger partial charge in [0.2, 0.25) is 15.9 Å². The Kier molecular flexibility index (Phi) is 5.75. The molecule has 24 heavy (non-hydrogen) atoms. The molecule has 0 atom stereocenters. The molecule has 0 aromatic heterocycles. The van der Waals surface area contributed by atoms with Gasteiger partial charge in [-0.1, -0.05) is 44.2 Å². The summed E-state index contributed by atoms with van der Waals surface area (Å²) < 4.78 is 27.1. The number of carbonyl (C=O) groups is 1. The highest BCUT2D eigenvalue weighted by atomic mass is 32.2. The van der Waals surface area contributed by atoms with Gasteiger partial charge >= 0.3 is 0 Å². The zero-order chi connectivity index (χ0) is 17.7. The Hall–Kier alpha value is -2.18. The van der Waals surface area contributed by atoms with E-state index in [1.807, 2.05) is 12.1 Å². The van der Waals surface area contributed by atoms with Crippen LogP contribution in [0.15, 0.2) is 53.4 Å². The van der Waals surface area contributed by atoms with Gasteiger partial charge in [-0.05, 0) is 41.7 Å². The van der Waals surface area contributed by atoms with Crippen molar-refractivity contribution >= 4 is 15.9 Å². The van der Waals surface area contributed by atoms with E-state index < -0.39 is 15.9 Å². The molecule has 0 aliphatic heterocycles. The minimum absolute atomic E-state index is 0.0361. The highest BCUT2D eigenvalue weighted by Gasteiger charge is 2.15. The van der Waals surface area contributed by atoms with Crippen LogP contribution in [0.1, 0.15) is 41.3 Å². The molecule has 2 aromatic rings. The lowest BCUT2D eigenvalue weighted by molar-refractivity contribution is 0.1000. The average Bonchev–Trinajstić information content (AvgIpc) is 2.55. The molecule has 2 rings (SSSR count). The summed E-state index contributed by atoms with van der Waals surface area (Å²) >= 11 is 0. The lowest BCUT2D eigenvalue weighted by atomic mass is 10.0. The fraction of sp³-hybridized carbons (Fsp3) is 0.278. The van der Waals surface area contributed by atoms with Crippen molar-refractivity contribution in [1.82, 2.24) is 4.72 Å². The van der Waals surface area contributed by atoms with Crippen molar-refractivity contribution in [2.75, 3.05) is 6.54 Å². The van der Waals surface area contributed by atoms with E-state index in [2.05, 4.69) is 30.7 Å². The predicted molar refractivity (Wildman–Crippen MR) is 94.4 cm³/mol. The number of hydrogen-bond acceptors (Lipinski definition) is 3. The van der Waals surface area contributed by atoms with Crippen molar-refractivity contribution in [3.63, 3.8) is 0 Å². The van der Waals surface area contributed by atoms with Crippen molar-refractivity contribution in [1.29, 1.82) is 0 Å². The molecule has 0 saturated heterocycles. The first kappa shape index (κ1) is 18.2. The predicted octanol–water partition coefficient (Wildman–Crippen LogP) is 2.43. The summed E-state index contributed by atoms with van der Waals surface area (Å²) in [6.07, 6.45) is 0.590. The van der Waals surface area contributed by atoms with Gasteiger partial charge < -0.3 is 5.73 Å². The fourth-order valence-electron chi connectivity index (χ4n) is 2.30. The first-order valence-corrected chi connectivity index (χ1v) is 9.26. The first-order chi connectivity index (χ1) is 11.3. The maximum atomic E-state index is 12.3. The molecule has 0 fully saturated rings. The van der Waals surface area contributed by atoms with E-state index in [9.17, 15) is 13.2 Å². The van der Waals surface area contributed by atoms with Crippen LogP contribution in [0.3, 0.4) is 0 Å². The summed E-state index contributed by atoms with van der Waals surface area (Å²) in [5.74, 6) is -0.188. The average molecular weight is 346 g/mol. The van der Waals surface area contributed by atoms with E-state index in [4.69, 9.17) is 5.73 Å². The third kappa shape index (κ3) is 4.66. The SMILES string of the molecule is CC(C)c1ccc(CCNS(=O)(=O)c2cccc(C(N)=O)c2)cc1. The number of rotatable bonds is 7. The Balaban J connectivity index is 2.00. The van der Waals surface area contributed by atoms with E-state index in [1.54, 1.807) is 0 Å². The number of hydrogen-bond donors (Lipinski definition) is 2. The molecule has 0 spiro atoms. The third-order valence-electron chi connectivity index (χ3n) is 3.78. The van der Waals surface area contributed by atoms with E-state index in [0.717, 1.165) is 5.56 Å². The van der Waals surface area contributed by atoms with E-state index in [1.165, 1.54) is 29.8 Å². The lowest BCUT2D eigenvalue weighted by Gasteiger charge is -2.09. The zero-order valence-corrected chi connectivity index (χ0v) is 14.6. The molecule has 128 valence electrons. The summed E-state index contributed by atoms with van der Waals surface area (Å²) in [5.41, 5.74) is 7.67. The normalized spacial score (nSPS) is 11.6. The van der Waals surface area contributed by atoms with Crippen LogP contribution < -0.4 is 10.5 Å². The largest absolute Gasteiger partial charge is 0.366 e. The smallest absolute Gasteiger partial charge is 0.248 e. The number of carbonyl (C=O) groups excluding carboxylic acids is 1. The molecule has 0 bridgehead atoms. The summed E-state index contributed by atoms with van der Waals surface area (Å²) in [6, 6.07) is 13.8. The quantitative estimate of drug-likeness (QED) is 0.807. The molecule has 0 aliphatic rings. The van der Waals surface area contributed by atoms with Crippen LogP contribution in [0.4, 0.5) is 0 Å². The maximum absolute atomic E-state index is 12.3. The van der Waals surface area contributed by atoms with Gasteiger partial charge in [-0.3, -0.25) is 4.79 Å². The van der Waals surface area contributed by atoms with Gasteiger partial charge in [0.25, 0.3) is 0 Å². The fourth-order valence-corrected chi connectivity index (χ4v) is 3.38. The number of nitrogens with two attached hydrogens (primary N) is 1. The summed E-state index contributed by atoms with van der Waals surface area (Å²) in [6.45, 7) is 4.54. The topological polar surface area (TPSA) is 89.3 Å². The Bertz CT molecular complexity index is 812. The van der Waals surface area contributed by atoms with Crippen molar-refractivity contribution in [3.8, 4) is 0 Å². The van der Waals surface area contributed by atoms with Gasteiger partial charge in [-0.15, -0.1) is 0 Å². The molecular formula is C18H22N2O3S. The van der Waals surface area contributed by atoms with Gasteiger partial charge in [-0.25, -0.2) is 13.1 Å². The summed E-state index contributed by atoms with van der Waals surface area (Å²) in [7, 11) is -3.67. The Labute approximate surface area is 142 Å². The number of benzene rings is 2. The van der Waals surface area contributed by atoms with Gasteiger partial charge in [0.15, 0.2) is 0 Å². The molecule has 0 saturated carbocycles. The number of sulfonamides is 1. The second-order valence-corrected chi connectivity index (χ2v) is 7.70. The monoisotopic (exact) mass is 346 g/mol. The molecule has 2 aromatic carbocycles. The molecule has 0 heterocycles. The van der Waals surface area contributed by atoms with E-state index in [0.29, 0.717) is 12.3 Å². The van der Waals surface area contributed by atoms with Gasteiger partial charge in [0, 0.05) is 12.1 Å². The minimum atomic E-state index is -3.67. The molecule has 5 nitrogen and oxygen atoms in total. The van der Waals surface area contributed by atoms with Gasteiger partial charge in [0.1, 0.15) is 0 Å². The maximum Gasteiger partial charge on any atom is 0.248 e. The van der Waals surface area contributed by atoms with E-state index in [-0.39, 0.29) is 17.0 Å². The Morgan fingerprint density at radius 2 is 1.79 bits per heavy atom. The van der Waals surface area contributed by atoms with Crippen LogP contribution in [0.5, 0.6) is 0 Å². The van der Waals surface area contributed by atoms with Crippen LogP contribution in [-0.4, -0.2) is 20.9 Å². The van der Waals surface area contributed by atoms with Crippen LogP contribution in [0.2, 0.25) is 0 Å². The third-order valence-corrected chi connectivity index (χ3v) is 5.24. The van der Waals surface area contributed by atoms with Crippen LogP contribution in [0.25, 0.3) is 0 Å². The lowest BCUT2D eigenvalue weighted by Crippen LogP contribution is -2.26. The van der Waals surface area contributed by atoms with Crippen molar-refractivity contribution < 1.29 is 13.2 Å². The van der Waals surface area contributed by atoms with Crippen LogP contribution in [-0.2, 0) is 16.4 Å².